The molecule has 1 unspecified atom stereocenters. The number of aliphatic hydroxyl groups excluding tert-OH is 1. The maximum absolute atomic E-state index is 13.8. The molecule has 5 nitrogen and oxygen atoms in total. The van der Waals surface area contributed by atoms with Gasteiger partial charge in [-0.1, -0.05) is 11.2 Å². The van der Waals surface area contributed by atoms with Crippen molar-refractivity contribution in [2.75, 3.05) is 24.6 Å². The summed E-state index contributed by atoms with van der Waals surface area (Å²) < 4.78 is 13.8. The molecule has 1 fully saturated rings. The van der Waals surface area contributed by atoms with E-state index in [-0.39, 0.29) is 23.9 Å². The van der Waals surface area contributed by atoms with Gasteiger partial charge < -0.3 is 20.9 Å². The van der Waals surface area contributed by atoms with Gasteiger partial charge in [0.1, 0.15) is 5.82 Å². The number of rotatable bonds is 3. The molecule has 0 amide bonds. The molecule has 0 spiro atoms. The van der Waals surface area contributed by atoms with Crippen LogP contribution in [-0.2, 0) is 0 Å². The first-order valence-electron chi connectivity index (χ1n) is 5.79. The summed E-state index contributed by atoms with van der Waals surface area (Å²) in [6, 6.07) is 4.60. The van der Waals surface area contributed by atoms with E-state index < -0.39 is 5.82 Å². The fourth-order valence-corrected chi connectivity index (χ4v) is 2.28. The number of nitrogens with two attached hydrogens (primary N) is 1. The van der Waals surface area contributed by atoms with Crippen LogP contribution in [0.25, 0.3) is 0 Å². The molecule has 0 aromatic heterocycles. The molecule has 1 aliphatic heterocycles. The Morgan fingerprint density at radius 3 is 2.94 bits per heavy atom. The van der Waals surface area contributed by atoms with Crippen LogP contribution in [0.4, 0.5) is 10.1 Å². The Labute approximate surface area is 104 Å². The summed E-state index contributed by atoms with van der Waals surface area (Å²) >= 11 is 0. The second-order valence-electron chi connectivity index (χ2n) is 4.40. The summed E-state index contributed by atoms with van der Waals surface area (Å²) in [6.07, 6.45) is 0.850. The van der Waals surface area contributed by atoms with E-state index in [4.69, 9.17) is 16.0 Å². The van der Waals surface area contributed by atoms with E-state index in [1.807, 2.05) is 4.90 Å². The van der Waals surface area contributed by atoms with Crippen LogP contribution in [0.15, 0.2) is 23.4 Å². The topological polar surface area (TPSA) is 82.1 Å². The highest BCUT2D eigenvalue weighted by Gasteiger charge is 2.25. The lowest BCUT2D eigenvalue weighted by Crippen LogP contribution is -2.26. The number of anilines is 1. The third-order valence-electron chi connectivity index (χ3n) is 3.24. The monoisotopic (exact) mass is 253 g/mol. The molecule has 18 heavy (non-hydrogen) atoms. The van der Waals surface area contributed by atoms with Gasteiger partial charge in [-0.25, -0.2) is 4.39 Å². The number of hydrogen-bond acceptors (Lipinski definition) is 4. The fraction of sp³-hybridized carbons (Fsp3) is 0.417. The minimum atomic E-state index is -0.518. The third kappa shape index (κ3) is 2.24. The molecule has 1 saturated heterocycles. The van der Waals surface area contributed by atoms with Gasteiger partial charge in [-0.05, 0) is 18.6 Å². The van der Waals surface area contributed by atoms with E-state index in [9.17, 15) is 4.39 Å². The van der Waals surface area contributed by atoms with Crippen molar-refractivity contribution in [3.8, 4) is 0 Å². The minimum absolute atomic E-state index is 0.110. The molecule has 2 rings (SSSR count). The number of benzene rings is 1. The summed E-state index contributed by atoms with van der Waals surface area (Å²) in [5, 5.41) is 20.7. The summed E-state index contributed by atoms with van der Waals surface area (Å²) in [7, 11) is 0. The number of halogens is 1. The van der Waals surface area contributed by atoms with Gasteiger partial charge >= 0.3 is 0 Å². The van der Waals surface area contributed by atoms with Gasteiger partial charge in [0.05, 0.1) is 11.3 Å². The van der Waals surface area contributed by atoms with Crippen LogP contribution in [0, 0.1) is 11.7 Å². The number of amidine groups is 1. The Bertz CT molecular complexity index is 465. The zero-order valence-electron chi connectivity index (χ0n) is 9.88. The van der Waals surface area contributed by atoms with Gasteiger partial charge in [0, 0.05) is 25.6 Å². The van der Waals surface area contributed by atoms with Crippen molar-refractivity contribution < 1.29 is 14.7 Å². The molecular formula is C12H16FN3O2. The molecule has 1 atom stereocenters. The highest BCUT2D eigenvalue weighted by molar-refractivity contribution is 6.02. The van der Waals surface area contributed by atoms with Gasteiger partial charge in [0.2, 0.25) is 0 Å². The molecule has 0 radical (unpaired) electrons. The van der Waals surface area contributed by atoms with Crippen molar-refractivity contribution in [2.45, 2.75) is 6.42 Å². The van der Waals surface area contributed by atoms with Crippen molar-refractivity contribution in [3.05, 3.63) is 29.6 Å². The van der Waals surface area contributed by atoms with Crippen molar-refractivity contribution in [2.24, 2.45) is 16.8 Å². The van der Waals surface area contributed by atoms with Crippen LogP contribution in [0.3, 0.4) is 0 Å². The summed E-state index contributed by atoms with van der Waals surface area (Å²) in [4.78, 5) is 1.94. The van der Waals surface area contributed by atoms with Crippen LogP contribution in [0.5, 0.6) is 0 Å². The maximum atomic E-state index is 13.8. The van der Waals surface area contributed by atoms with Crippen molar-refractivity contribution >= 4 is 11.5 Å². The van der Waals surface area contributed by atoms with Crippen molar-refractivity contribution in [3.63, 3.8) is 0 Å². The molecule has 0 aliphatic carbocycles. The van der Waals surface area contributed by atoms with Crippen molar-refractivity contribution in [1.29, 1.82) is 0 Å². The molecule has 1 aromatic rings. The summed E-state index contributed by atoms with van der Waals surface area (Å²) in [5.74, 6) is -0.570. The van der Waals surface area contributed by atoms with E-state index in [1.54, 1.807) is 12.1 Å². The Morgan fingerprint density at radius 2 is 2.33 bits per heavy atom. The predicted molar refractivity (Wildman–Crippen MR) is 66.3 cm³/mol. The first kappa shape index (κ1) is 12.6. The molecule has 4 N–H and O–H groups in total. The maximum Gasteiger partial charge on any atom is 0.175 e. The van der Waals surface area contributed by atoms with Crippen LogP contribution in [-0.4, -0.2) is 35.8 Å². The van der Waals surface area contributed by atoms with E-state index in [0.717, 1.165) is 13.0 Å². The molecular weight excluding hydrogens is 237 g/mol. The highest BCUT2D eigenvalue weighted by Crippen LogP contribution is 2.28. The zero-order valence-corrected chi connectivity index (χ0v) is 9.88. The minimum Gasteiger partial charge on any atom is -0.409 e. The standard InChI is InChI=1S/C12H16FN3O2/c13-9-2-1-3-10(11(9)12(14)15-18)16-5-4-8(6-16)7-17/h1-3,8,17-18H,4-7H2,(H2,14,15). The first-order valence-corrected chi connectivity index (χ1v) is 5.79. The van der Waals surface area contributed by atoms with Crippen LogP contribution in [0.2, 0.25) is 0 Å². The van der Waals surface area contributed by atoms with Gasteiger partial charge in [0.15, 0.2) is 5.84 Å². The van der Waals surface area contributed by atoms with E-state index >= 15 is 0 Å². The molecule has 1 heterocycles. The largest absolute Gasteiger partial charge is 0.409 e. The molecule has 1 aliphatic rings. The fourth-order valence-electron chi connectivity index (χ4n) is 2.28. The number of aliphatic hydroxyl groups is 1. The Hall–Kier alpha value is -1.82. The summed E-state index contributed by atoms with van der Waals surface area (Å²) in [5.41, 5.74) is 6.22. The van der Waals surface area contributed by atoms with E-state index in [0.29, 0.717) is 12.2 Å². The average Bonchev–Trinajstić information content (AvgIpc) is 2.86. The third-order valence-corrected chi connectivity index (χ3v) is 3.24. The van der Waals surface area contributed by atoms with Crippen LogP contribution in [0.1, 0.15) is 12.0 Å². The SMILES string of the molecule is N/C(=N/O)c1c(F)cccc1N1CCC(CO)C1. The smallest absolute Gasteiger partial charge is 0.175 e. The molecule has 6 heteroatoms. The molecule has 0 bridgehead atoms. The van der Waals surface area contributed by atoms with Gasteiger partial charge in [0.25, 0.3) is 0 Å². The van der Waals surface area contributed by atoms with Gasteiger partial charge in [-0.3, -0.25) is 0 Å². The zero-order chi connectivity index (χ0) is 13.1. The van der Waals surface area contributed by atoms with E-state index in [2.05, 4.69) is 5.16 Å². The Morgan fingerprint density at radius 1 is 1.56 bits per heavy atom. The highest BCUT2D eigenvalue weighted by atomic mass is 19.1. The van der Waals surface area contributed by atoms with Crippen molar-refractivity contribution in [1.82, 2.24) is 0 Å². The lowest BCUT2D eigenvalue weighted by Gasteiger charge is -2.21. The lowest BCUT2D eigenvalue weighted by atomic mass is 10.1. The lowest BCUT2D eigenvalue weighted by molar-refractivity contribution is 0.238. The second kappa shape index (κ2) is 5.22. The van der Waals surface area contributed by atoms with E-state index in [1.165, 1.54) is 6.07 Å². The average molecular weight is 253 g/mol. The summed E-state index contributed by atoms with van der Waals surface area (Å²) in [6.45, 7) is 1.48. The molecule has 0 saturated carbocycles. The predicted octanol–water partition coefficient (Wildman–Crippen LogP) is 0.739. The number of hydrogen-bond donors (Lipinski definition) is 3. The van der Waals surface area contributed by atoms with Crippen LogP contribution >= 0.6 is 0 Å². The second-order valence-corrected chi connectivity index (χ2v) is 4.40. The first-order chi connectivity index (χ1) is 8.67. The van der Waals surface area contributed by atoms with Gasteiger partial charge in [-0.2, -0.15) is 0 Å². The number of oxime groups is 1. The van der Waals surface area contributed by atoms with Gasteiger partial charge in [-0.15, -0.1) is 0 Å². The van der Waals surface area contributed by atoms with Crippen LogP contribution < -0.4 is 10.6 Å². The Balaban J connectivity index is 2.36. The quantitative estimate of drug-likeness (QED) is 0.321. The Kier molecular flexibility index (Phi) is 3.66. The molecule has 98 valence electrons. The number of nitrogens with zero attached hydrogens (tertiary/aromatic N) is 2. The normalized spacial score (nSPS) is 20.4. The molecule has 1 aromatic carbocycles.